The number of hydrogen-bond donors (Lipinski definition) is 2. The number of likely N-dealkylation sites (tertiary alicyclic amines) is 1. The van der Waals surface area contributed by atoms with E-state index in [9.17, 15) is 4.39 Å². The molecule has 160 valence electrons. The van der Waals surface area contributed by atoms with Crippen LogP contribution in [0.4, 0.5) is 4.39 Å². The lowest BCUT2D eigenvalue weighted by atomic mass is 10.0. The van der Waals surface area contributed by atoms with Gasteiger partial charge in [0.2, 0.25) is 0 Å². The van der Waals surface area contributed by atoms with E-state index < -0.39 is 0 Å². The fourth-order valence-electron chi connectivity index (χ4n) is 3.20. The molecule has 0 aliphatic carbocycles. The van der Waals surface area contributed by atoms with Gasteiger partial charge in [0.25, 0.3) is 0 Å². The van der Waals surface area contributed by atoms with Gasteiger partial charge in [-0.1, -0.05) is 0 Å². The van der Waals surface area contributed by atoms with E-state index in [1.807, 2.05) is 0 Å². The van der Waals surface area contributed by atoms with Gasteiger partial charge in [-0.2, -0.15) is 0 Å². The Morgan fingerprint density at radius 3 is 2.50 bits per heavy atom. The van der Waals surface area contributed by atoms with Crippen molar-refractivity contribution in [3.63, 3.8) is 0 Å². The van der Waals surface area contributed by atoms with Crippen LogP contribution >= 0.6 is 24.0 Å². The van der Waals surface area contributed by atoms with Crippen molar-refractivity contribution in [1.29, 1.82) is 0 Å². The highest BCUT2D eigenvalue weighted by molar-refractivity contribution is 14.0. The van der Waals surface area contributed by atoms with Crippen LogP contribution in [0.15, 0.2) is 29.3 Å². The number of rotatable bonds is 9. The second-order valence-electron chi connectivity index (χ2n) is 7.32. The van der Waals surface area contributed by atoms with E-state index in [-0.39, 0.29) is 29.8 Å². The van der Waals surface area contributed by atoms with Crippen LogP contribution in [0.25, 0.3) is 0 Å². The topological polar surface area (TPSA) is 48.9 Å². The number of benzene rings is 1. The largest absolute Gasteiger partial charge is 0.494 e. The molecule has 0 atom stereocenters. The number of nitrogens with zero attached hydrogens (tertiary/aromatic N) is 2. The quantitative estimate of drug-likeness (QED) is 0.230. The first-order valence-corrected chi connectivity index (χ1v) is 10.3. The maximum atomic E-state index is 12.9. The first-order chi connectivity index (χ1) is 13.1. The molecule has 1 aliphatic rings. The summed E-state index contributed by atoms with van der Waals surface area (Å²) in [5.41, 5.74) is 0. The van der Waals surface area contributed by atoms with Gasteiger partial charge in [0.1, 0.15) is 11.6 Å². The Morgan fingerprint density at radius 2 is 1.89 bits per heavy atom. The van der Waals surface area contributed by atoms with Crippen LogP contribution in [0.3, 0.4) is 0 Å². The van der Waals surface area contributed by atoms with E-state index in [4.69, 9.17) is 9.73 Å². The first-order valence-electron chi connectivity index (χ1n) is 10.3. The van der Waals surface area contributed by atoms with Crippen molar-refractivity contribution in [2.45, 2.75) is 58.5 Å². The molecule has 0 unspecified atom stereocenters. The number of halogens is 2. The van der Waals surface area contributed by atoms with Crippen molar-refractivity contribution in [2.24, 2.45) is 4.99 Å². The highest BCUT2D eigenvalue weighted by atomic mass is 127. The molecular weight excluding hydrogens is 470 g/mol. The van der Waals surface area contributed by atoms with Crippen molar-refractivity contribution in [2.75, 3.05) is 32.8 Å². The lowest BCUT2D eigenvalue weighted by molar-refractivity contribution is 0.167. The molecule has 2 rings (SSSR count). The van der Waals surface area contributed by atoms with E-state index in [0.717, 1.165) is 57.8 Å². The maximum Gasteiger partial charge on any atom is 0.191 e. The fourth-order valence-corrected chi connectivity index (χ4v) is 3.20. The predicted octanol–water partition coefficient (Wildman–Crippen LogP) is 4.03. The Kier molecular flexibility index (Phi) is 12.5. The Balaban J connectivity index is 0.00000392. The molecule has 5 nitrogen and oxygen atoms in total. The molecule has 1 aliphatic heterocycles. The molecule has 1 saturated heterocycles. The lowest BCUT2D eigenvalue weighted by Gasteiger charge is -2.35. The van der Waals surface area contributed by atoms with Crippen LogP contribution in [-0.2, 0) is 0 Å². The molecule has 0 bridgehead atoms. The number of ether oxygens (including phenoxy) is 1. The molecule has 0 radical (unpaired) electrons. The van der Waals surface area contributed by atoms with Crippen molar-refractivity contribution in [3.8, 4) is 5.75 Å². The van der Waals surface area contributed by atoms with Gasteiger partial charge in [0, 0.05) is 38.3 Å². The molecule has 28 heavy (non-hydrogen) atoms. The predicted molar refractivity (Wildman–Crippen MR) is 125 cm³/mol. The molecule has 0 saturated carbocycles. The summed E-state index contributed by atoms with van der Waals surface area (Å²) in [6, 6.07) is 7.28. The normalized spacial score (nSPS) is 16.0. The van der Waals surface area contributed by atoms with E-state index in [1.54, 1.807) is 12.1 Å². The smallest absolute Gasteiger partial charge is 0.191 e. The minimum atomic E-state index is -0.241. The Labute approximate surface area is 186 Å². The van der Waals surface area contributed by atoms with Gasteiger partial charge in [-0.25, -0.2) is 4.39 Å². The highest BCUT2D eigenvalue weighted by Gasteiger charge is 2.21. The number of piperidine rings is 1. The minimum absolute atomic E-state index is 0. The first kappa shape index (κ1) is 24.9. The number of nitrogens with one attached hydrogen (secondary N) is 2. The van der Waals surface area contributed by atoms with Crippen LogP contribution in [0.1, 0.15) is 46.5 Å². The zero-order valence-corrected chi connectivity index (χ0v) is 19.7. The van der Waals surface area contributed by atoms with Crippen LogP contribution < -0.4 is 15.4 Å². The summed E-state index contributed by atoms with van der Waals surface area (Å²) in [7, 11) is 0. The van der Waals surface area contributed by atoms with E-state index in [1.165, 1.54) is 12.1 Å². The Morgan fingerprint density at radius 1 is 1.21 bits per heavy atom. The second-order valence-corrected chi connectivity index (χ2v) is 7.32. The molecule has 1 heterocycles. The van der Waals surface area contributed by atoms with Gasteiger partial charge in [-0.3, -0.25) is 4.99 Å². The third kappa shape index (κ3) is 9.41. The average Bonchev–Trinajstić information content (AvgIpc) is 2.66. The van der Waals surface area contributed by atoms with Crippen molar-refractivity contribution in [3.05, 3.63) is 30.1 Å². The Bertz CT molecular complexity index is 560. The van der Waals surface area contributed by atoms with Gasteiger partial charge in [-0.05, 0) is 70.7 Å². The summed E-state index contributed by atoms with van der Waals surface area (Å²) in [4.78, 5) is 7.22. The highest BCUT2D eigenvalue weighted by Crippen LogP contribution is 2.13. The summed E-state index contributed by atoms with van der Waals surface area (Å²) in [6.45, 7) is 11.2. The zero-order chi connectivity index (χ0) is 19.5. The average molecular weight is 506 g/mol. The third-order valence-electron chi connectivity index (χ3n) is 4.85. The molecule has 7 heteroatoms. The van der Waals surface area contributed by atoms with Gasteiger partial charge < -0.3 is 20.3 Å². The standard InChI is InChI=1S/C21H35FN4O.HI/c1-4-23-21(25-19-11-14-26(15-12-19)17(2)3)24-13-5-6-16-27-20-9-7-18(22)8-10-20;/h7-10,17,19H,4-6,11-16H2,1-3H3,(H2,23,24,25);1H. The number of aliphatic imine (C=N–C) groups is 1. The zero-order valence-electron chi connectivity index (χ0n) is 17.4. The van der Waals surface area contributed by atoms with Crippen LogP contribution in [0.2, 0.25) is 0 Å². The van der Waals surface area contributed by atoms with E-state index in [2.05, 4.69) is 36.3 Å². The molecule has 1 fully saturated rings. The molecule has 1 aromatic carbocycles. The monoisotopic (exact) mass is 506 g/mol. The maximum absolute atomic E-state index is 12.9. The van der Waals surface area contributed by atoms with Gasteiger partial charge >= 0.3 is 0 Å². The molecule has 1 aromatic rings. The van der Waals surface area contributed by atoms with Gasteiger partial charge in [0.05, 0.1) is 6.61 Å². The number of guanidine groups is 1. The molecule has 0 amide bonds. The van der Waals surface area contributed by atoms with Crippen molar-refractivity contribution >= 4 is 29.9 Å². The SMILES string of the molecule is CCNC(=NCCCCOc1ccc(F)cc1)NC1CCN(C(C)C)CC1.I. The Hall–Kier alpha value is -1.09. The lowest BCUT2D eigenvalue weighted by Crippen LogP contribution is -2.49. The van der Waals surface area contributed by atoms with Crippen LogP contribution in [-0.4, -0.2) is 55.7 Å². The third-order valence-corrected chi connectivity index (χ3v) is 4.85. The summed E-state index contributed by atoms with van der Waals surface area (Å²) >= 11 is 0. The van der Waals surface area contributed by atoms with Gasteiger partial charge in [0.15, 0.2) is 5.96 Å². The molecule has 0 spiro atoms. The number of unbranched alkanes of at least 4 members (excludes halogenated alkanes) is 1. The van der Waals surface area contributed by atoms with Crippen molar-refractivity contribution in [1.82, 2.24) is 15.5 Å². The summed E-state index contributed by atoms with van der Waals surface area (Å²) in [6.07, 6.45) is 4.21. The minimum Gasteiger partial charge on any atom is -0.494 e. The summed E-state index contributed by atoms with van der Waals surface area (Å²) in [5.74, 6) is 1.39. The van der Waals surface area contributed by atoms with E-state index in [0.29, 0.717) is 24.4 Å². The summed E-state index contributed by atoms with van der Waals surface area (Å²) < 4.78 is 18.5. The molecule has 2 N–H and O–H groups in total. The van der Waals surface area contributed by atoms with Gasteiger partial charge in [-0.15, -0.1) is 24.0 Å². The van der Waals surface area contributed by atoms with Crippen molar-refractivity contribution < 1.29 is 9.13 Å². The van der Waals surface area contributed by atoms with E-state index >= 15 is 0 Å². The summed E-state index contributed by atoms with van der Waals surface area (Å²) in [5, 5.41) is 6.93. The number of hydrogen-bond acceptors (Lipinski definition) is 3. The second kappa shape index (κ2) is 14.0. The van der Waals surface area contributed by atoms with Crippen LogP contribution in [0, 0.1) is 5.82 Å². The van der Waals surface area contributed by atoms with Crippen LogP contribution in [0.5, 0.6) is 5.75 Å². The molecular formula is C21H36FIN4O. The fraction of sp³-hybridized carbons (Fsp3) is 0.667. The molecule has 0 aromatic heterocycles.